The molecule has 0 radical (unpaired) electrons. The fourth-order valence-corrected chi connectivity index (χ4v) is 0.754. The molecule has 0 aromatic carbocycles. The SMILES string of the molecule is O=C(O)c1coc(CCCO)n1. The van der Waals surface area contributed by atoms with Gasteiger partial charge in [-0.05, 0) is 6.42 Å². The number of aromatic nitrogens is 1. The van der Waals surface area contributed by atoms with Crippen LogP contribution < -0.4 is 0 Å². The van der Waals surface area contributed by atoms with Gasteiger partial charge in [-0.2, -0.15) is 0 Å². The first-order valence-corrected chi connectivity index (χ1v) is 3.52. The number of aliphatic hydroxyl groups excluding tert-OH is 1. The van der Waals surface area contributed by atoms with Crippen LogP contribution in [-0.2, 0) is 6.42 Å². The molecule has 1 aromatic rings. The van der Waals surface area contributed by atoms with E-state index in [4.69, 9.17) is 14.6 Å². The number of oxazole rings is 1. The molecule has 66 valence electrons. The van der Waals surface area contributed by atoms with Crippen LogP contribution in [-0.4, -0.2) is 27.8 Å². The molecule has 0 saturated heterocycles. The van der Waals surface area contributed by atoms with Crippen LogP contribution in [0.1, 0.15) is 22.8 Å². The maximum absolute atomic E-state index is 10.3. The quantitative estimate of drug-likeness (QED) is 0.680. The largest absolute Gasteiger partial charge is 0.476 e. The van der Waals surface area contributed by atoms with Gasteiger partial charge in [0.15, 0.2) is 11.6 Å². The normalized spacial score (nSPS) is 10.1. The zero-order valence-corrected chi connectivity index (χ0v) is 6.36. The van der Waals surface area contributed by atoms with E-state index in [2.05, 4.69) is 4.98 Å². The number of carboxylic acids is 1. The average Bonchev–Trinajstić information content (AvgIpc) is 2.48. The summed E-state index contributed by atoms with van der Waals surface area (Å²) in [5.41, 5.74) is -0.0945. The number of hydrogen-bond donors (Lipinski definition) is 2. The second-order valence-electron chi connectivity index (χ2n) is 2.26. The number of hydrogen-bond acceptors (Lipinski definition) is 4. The molecule has 1 aromatic heterocycles. The lowest BCUT2D eigenvalue weighted by Crippen LogP contribution is -1.97. The third-order valence-corrected chi connectivity index (χ3v) is 1.32. The van der Waals surface area contributed by atoms with Gasteiger partial charge in [0.25, 0.3) is 0 Å². The van der Waals surface area contributed by atoms with Crippen molar-refractivity contribution in [2.75, 3.05) is 6.61 Å². The summed E-state index contributed by atoms with van der Waals surface area (Å²) in [4.78, 5) is 14.0. The van der Waals surface area contributed by atoms with Crippen molar-refractivity contribution in [3.05, 3.63) is 17.8 Å². The molecule has 0 bridgehead atoms. The van der Waals surface area contributed by atoms with Crippen molar-refractivity contribution in [2.24, 2.45) is 0 Å². The topological polar surface area (TPSA) is 83.6 Å². The van der Waals surface area contributed by atoms with Crippen molar-refractivity contribution in [1.29, 1.82) is 0 Å². The van der Waals surface area contributed by atoms with E-state index in [-0.39, 0.29) is 12.3 Å². The Kier molecular flexibility index (Phi) is 2.82. The van der Waals surface area contributed by atoms with Crippen molar-refractivity contribution < 1.29 is 19.4 Å². The molecule has 0 spiro atoms. The second-order valence-corrected chi connectivity index (χ2v) is 2.26. The third kappa shape index (κ3) is 2.06. The smallest absolute Gasteiger partial charge is 0.357 e. The van der Waals surface area contributed by atoms with Crippen molar-refractivity contribution in [2.45, 2.75) is 12.8 Å². The summed E-state index contributed by atoms with van der Waals surface area (Å²) in [7, 11) is 0. The number of nitrogens with zero attached hydrogens (tertiary/aromatic N) is 1. The number of aryl methyl sites for hydroxylation is 1. The molecule has 0 saturated carbocycles. The van der Waals surface area contributed by atoms with Gasteiger partial charge in [0.1, 0.15) is 6.26 Å². The van der Waals surface area contributed by atoms with Gasteiger partial charge in [-0.1, -0.05) is 0 Å². The molecule has 5 heteroatoms. The number of rotatable bonds is 4. The van der Waals surface area contributed by atoms with Gasteiger partial charge in [-0.15, -0.1) is 0 Å². The maximum atomic E-state index is 10.3. The first-order valence-electron chi connectivity index (χ1n) is 3.52. The van der Waals surface area contributed by atoms with E-state index in [1.807, 2.05) is 0 Å². The average molecular weight is 171 g/mol. The summed E-state index contributed by atoms with van der Waals surface area (Å²) < 4.78 is 4.82. The fourth-order valence-electron chi connectivity index (χ4n) is 0.754. The van der Waals surface area contributed by atoms with Crippen LogP contribution >= 0.6 is 0 Å². The van der Waals surface area contributed by atoms with Crippen LogP contribution in [0, 0.1) is 0 Å². The van der Waals surface area contributed by atoms with Gasteiger partial charge < -0.3 is 14.6 Å². The van der Waals surface area contributed by atoms with Gasteiger partial charge in [-0.3, -0.25) is 0 Å². The van der Waals surface area contributed by atoms with Crippen LogP contribution in [0.2, 0.25) is 0 Å². The Morgan fingerprint density at radius 2 is 2.42 bits per heavy atom. The molecule has 12 heavy (non-hydrogen) atoms. The highest BCUT2D eigenvalue weighted by Crippen LogP contribution is 2.03. The molecular formula is C7H9NO4. The fraction of sp³-hybridized carbons (Fsp3) is 0.429. The Morgan fingerprint density at radius 3 is 2.92 bits per heavy atom. The zero-order valence-electron chi connectivity index (χ0n) is 6.36. The summed E-state index contributed by atoms with van der Waals surface area (Å²) in [5, 5.41) is 16.9. The number of carboxylic acid groups (broad SMARTS) is 1. The standard InChI is InChI=1S/C7H9NO4/c9-3-1-2-6-8-5(4-12-6)7(10)11/h4,9H,1-3H2,(H,10,11). The number of carbonyl (C=O) groups is 1. The van der Waals surface area contributed by atoms with E-state index in [1.54, 1.807) is 0 Å². The van der Waals surface area contributed by atoms with Crippen molar-refractivity contribution in [3.8, 4) is 0 Å². The van der Waals surface area contributed by atoms with Crippen LogP contribution in [0.4, 0.5) is 0 Å². The molecule has 2 N–H and O–H groups in total. The van der Waals surface area contributed by atoms with E-state index in [0.29, 0.717) is 18.7 Å². The van der Waals surface area contributed by atoms with E-state index >= 15 is 0 Å². The lowest BCUT2D eigenvalue weighted by molar-refractivity contribution is 0.0690. The predicted molar refractivity (Wildman–Crippen MR) is 38.9 cm³/mol. The highest BCUT2D eigenvalue weighted by molar-refractivity contribution is 5.84. The molecule has 0 unspecified atom stereocenters. The Bertz CT molecular complexity index is 268. The van der Waals surface area contributed by atoms with Crippen molar-refractivity contribution in [1.82, 2.24) is 4.98 Å². The molecule has 0 aliphatic heterocycles. The summed E-state index contributed by atoms with van der Waals surface area (Å²) in [5.74, 6) is -0.754. The first kappa shape index (κ1) is 8.73. The van der Waals surface area contributed by atoms with Crippen molar-refractivity contribution in [3.63, 3.8) is 0 Å². The monoisotopic (exact) mass is 171 g/mol. The van der Waals surface area contributed by atoms with E-state index in [1.165, 1.54) is 0 Å². The maximum Gasteiger partial charge on any atom is 0.357 e. The molecule has 0 aliphatic rings. The lowest BCUT2D eigenvalue weighted by Gasteiger charge is -1.88. The predicted octanol–water partition coefficient (Wildman–Crippen LogP) is 0.298. The van der Waals surface area contributed by atoms with Gasteiger partial charge in [0, 0.05) is 13.0 Å². The number of aliphatic hydroxyl groups is 1. The minimum atomic E-state index is -1.10. The van der Waals surface area contributed by atoms with Gasteiger partial charge >= 0.3 is 5.97 Å². The van der Waals surface area contributed by atoms with Gasteiger partial charge in [-0.25, -0.2) is 9.78 Å². The minimum Gasteiger partial charge on any atom is -0.476 e. The summed E-state index contributed by atoms with van der Waals surface area (Å²) in [6.45, 7) is 0.0464. The first-order chi connectivity index (χ1) is 5.74. The summed E-state index contributed by atoms with van der Waals surface area (Å²) >= 11 is 0. The zero-order chi connectivity index (χ0) is 8.97. The van der Waals surface area contributed by atoms with Crippen LogP contribution in [0.3, 0.4) is 0 Å². The van der Waals surface area contributed by atoms with Crippen LogP contribution in [0.15, 0.2) is 10.7 Å². The van der Waals surface area contributed by atoms with Crippen molar-refractivity contribution >= 4 is 5.97 Å². The van der Waals surface area contributed by atoms with Gasteiger partial charge in [0.05, 0.1) is 0 Å². The molecule has 0 aliphatic carbocycles. The summed E-state index contributed by atoms with van der Waals surface area (Å²) in [6.07, 6.45) is 2.08. The summed E-state index contributed by atoms with van der Waals surface area (Å²) in [6, 6.07) is 0. The molecule has 0 amide bonds. The second kappa shape index (κ2) is 3.87. The molecule has 1 rings (SSSR count). The Morgan fingerprint density at radius 1 is 1.67 bits per heavy atom. The van der Waals surface area contributed by atoms with Crippen LogP contribution in [0.5, 0.6) is 0 Å². The van der Waals surface area contributed by atoms with E-state index in [9.17, 15) is 4.79 Å². The van der Waals surface area contributed by atoms with Gasteiger partial charge in [0.2, 0.25) is 0 Å². The van der Waals surface area contributed by atoms with E-state index < -0.39 is 5.97 Å². The number of aromatic carboxylic acids is 1. The molecule has 1 heterocycles. The Labute approximate surface area is 68.7 Å². The molecule has 5 nitrogen and oxygen atoms in total. The molecule has 0 fully saturated rings. The molecular weight excluding hydrogens is 162 g/mol. The molecule has 0 atom stereocenters. The minimum absolute atomic E-state index is 0.0464. The van der Waals surface area contributed by atoms with Crippen LogP contribution in [0.25, 0.3) is 0 Å². The Hall–Kier alpha value is -1.36. The Balaban J connectivity index is 2.58. The third-order valence-electron chi connectivity index (χ3n) is 1.32. The lowest BCUT2D eigenvalue weighted by atomic mass is 10.3. The van der Waals surface area contributed by atoms with E-state index in [0.717, 1.165) is 6.26 Å². The highest BCUT2D eigenvalue weighted by Gasteiger charge is 2.09. The highest BCUT2D eigenvalue weighted by atomic mass is 16.4.